The van der Waals surface area contributed by atoms with Gasteiger partial charge in [0.1, 0.15) is 11.6 Å². The Kier molecular flexibility index (Phi) is 5.66. The normalized spacial score (nSPS) is 25.0. The number of hydrogen-bond acceptors (Lipinski definition) is 7. The maximum absolute atomic E-state index is 14.2. The molecule has 0 aliphatic carbocycles. The molecule has 2 fully saturated rings. The molecule has 4 aliphatic rings. The fourth-order valence-electron chi connectivity index (χ4n) is 7.01. The van der Waals surface area contributed by atoms with Gasteiger partial charge in [0.25, 0.3) is 0 Å². The Labute approximate surface area is 234 Å². The lowest BCUT2D eigenvalue weighted by Gasteiger charge is -2.46. The number of aromatic nitrogens is 4. The first kappa shape index (κ1) is 24.9. The predicted molar refractivity (Wildman–Crippen MR) is 144 cm³/mol. The highest BCUT2D eigenvalue weighted by atomic mass is 19.3. The van der Waals surface area contributed by atoms with Crippen LogP contribution in [0, 0.1) is 0 Å². The highest BCUT2D eigenvalue weighted by molar-refractivity contribution is 5.98. The molecule has 0 saturated carbocycles. The molecular weight excluding hydrogens is 534 g/mol. The Hall–Kier alpha value is -3.87. The fraction of sp³-hybridized carbons (Fsp3) is 0.414. The Balaban J connectivity index is 1.25. The maximum Gasteiger partial charge on any atom is 0.387 e. The summed E-state index contributed by atoms with van der Waals surface area (Å²) in [5.74, 6) is 0.708. The van der Waals surface area contributed by atoms with E-state index in [0.29, 0.717) is 44.1 Å². The first-order valence-corrected chi connectivity index (χ1v) is 13.8. The van der Waals surface area contributed by atoms with Crippen LogP contribution in [0.25, 0.3) is 22.2 Å². The number of aryl methyl sites for hydroxylation is 1. The van der Waals surface area contributed by atoms with Crippen LogP contribution in [0.2, 0.25) is 0 Å². The van der Waals surface area contributed by atoms with Crippen molar-refractivity contribution >= 4 is 22.6 Å². The van der Waals surface area contributed by atoms with E-state index in [1.54, 1.807) is 27.9 Å². The first-order chi connectivity index (χ1) is 20.0. The molecule has 0 spiro atoms. The van der Waals surface area contributed by atoms with E-state index in [2.05, 4.69) is 20.6 Å². The molecule has 2 aromatic carbocycles. The van der Waals surface area contributed by atoms with Crippen molar-refractivity contribution in [3.05, 3.63) is 60.2 Å². The van der Waals surface area contributed by atoms with Crippen molar-refractivity contribution in [2.24, 2.45) is 7.05 Å². The zero-order valence-electron chi connectivity index (χ0n) is 22.3. The molecule has 4 bridgehead atoms. The van der Waals surface area contributed by atoms with Gasteiger partial charge in [-0.15, -0.1) is 0 Å². The third-order valence-electron chi connectivity index (χ3n) is 8.74. The van der Waals surface area contributed by atoms with Gasteiger partial charge in [0, 0.05) is 30.8 Å². The molecule has 4 aromatic rings. The number of fused-ring (bicyclic) bond motifs is 5. The van der Waals surface area contributed by atoms with Gasteiger partial charge in [-0.25, -0.2) is 4.98 Å². The number of nitrogens with zero attached hydrogens (tertiary/aromatic N) is 6. The largest absolute Gasteiger partial charge is 0.434 e. The second-order valence-electron chi connectivity index (χ2n) is 11.1. The van der Waals surface area contributed by atoms with Crippen molar-refractivity contribution in [3.8, 4) is 16.9 Å². The minimum Gasteiger partial charge on any atom is -0.434 e. The van der Waals surface area contributed by atoms with Gasteiger partial charge >= 0.3 is 6.61 Å². The lowest BCUT2D eigenvalue weighted by atomic mass is 9.92. The summed E-state index contributed by atoms with van der Waals surface area (Å²) in [6.07, 6.45) is 4.27. The van der Waals surface area contributed by atoms with Gasteiger partial charge in [0.05, 0.1) is 80.1 Å². The Bertz CT molecular complexity index is 1650. The van der Waals surface area contributed by atoms with Gasteiger partial charge in [-0.3, -0.25) is 14.4 Å². The second kappa shape index (κ2) is 9.33. The van der Waals surface area contributed by atoms with Gasteiger partial charge in [0.15, 0.2) is 0 Å². The number of imidazole rings is 1. The van der Waals surface area contributed by atoms with Crippen molar-refractivity contribution < 1.29 is 27.8 Å². The van der Waals surface area contributed by atoms with Crippen LogP contribution in [0.4, 0.5) is 14.5 Å². The standard InChI is InChI=1S/C29H28F2N6O4/c1-34-10-17(9-32-34)16-5-6-20-22(7-16)37-23-8-24(28(37)33-20)36(21-3-2-4-25(27(21)23)41-29(30)31)26(38)11-35-18-12-39-14-19(35)15-40-13-18/h2-7,9-10,18-19,23-24,29H,8,11-15H2,1H3/t18?,19?,23-,24-/m1/s1. The highest BCUT2D eigenvalue weighted by Crippen LogP contribution is 2.55. The zero-order valence-corrected chi connectivity index (χ0v) is 22.3. The molecule has 8 rings (SSSR count). The lowest BCUT2D eigenvalue weighted by molar-refractivity contribution is -0.147. The molecule has 2 saturated heterocycles. The van der Waals surface area contributed by atoms with Crippen molar-refractivity contribution in [1.82, 2.24) is 24.2 Å². The number of halogens is 2. The van der Waals surface area contributed by atoms with E-state index in [4.69, 9.17) is 19.2 Å². The van der Waals surface area contributed by atoms with Crippen LogP contribution in [0.15, 0.2) is 48.8 Å². The number of benzene rings is 2. The van der Waals surface area contributed by atoms with Gasteiger partial charge in [-0.2, -0.15) is 13.9 Å². The number of anilines is 1. The predicted octanol–water partition coefficient (Wildman–Crippen LogP) is 3.52. The quantitative estimate of drug-likeness (QED) is 0.368. The molecule has 0 N–H and O–H groups in total. The summed E-state index contributed by atoms with van der Waals surface area (Å²) in [4.78, 5) is 23.1. The minimum absolute atomic E-state index is 0.00369. The number of rotatable bonds is 5. The number of ether oxygens (including phenoxy) is 3. The van der Waals surface area contributed by atoms with E-state index in [-0.39, 0.29) is 42.4 Å². The van der Waals surface area contributed by atoms with Crippen LogP contribution < -0.4 is 9.64 Å². The third-order valence-corrected chi connectivity index (χ3v) is 8.74. The van der Waals surface area contributed by atoms with Crippen molar-refractivity contribution in [1.29, 1.82) is 0 Å². The van der Waals surface area contributed by atoms with E-state index in [1.807, 2.05) is 31.4 Å². The summed E-state index contributed by atoms with van der Waals surface area (Å²) in [6.45, 7) is -0.788. The van der Waals surface area contributed by atoms with E-state index >= 15 is 0 Å². The molecule has 2 aromatic heterocycles. The van der Waals surface area contributed by atoms with Crippen LogP contribution in [-0.4, -0.2) is 81.8 Å². The summed E-state index contributed by atoms with van der Waals surface area (Å²) in [6, 6.07) is 10.4. The summed E-state index contributed by atoms with van der Waals surface area (Å²) in [7, 11) is 1.87. The molecule has 0 radical (unpaired) electrons. The number of morpholine rings is 2. The van der Waals surface area contributed by atoms with E-state index in [0.717, 1.165) is 28.0 Å². The number of carbonyl (C=O) groups is 1. The Morgan fingerprint density at radius 3 is 2.56 bits per heavy atom. The van der Waals surface area contributed by atoms with E-state index in [9.17, 15) is 13.6 Å². The van der Waals surface area contributed by atoms with Crippen LogP contribution in [-0.2, 0) is 21.3 Å². The molecule has 10 nitrogen and oxygen atoms in total. The van der Waals surface area contributed by atoms with Crippen molar-refractivity contribution in [3.63, 3.8) is 0 Å². The Morgan fingerprint density at radius 2 is 1.85 bits per heavy atom. The first-order valence-electron chi connectivity index (χ1n) is 13.8. The van der Waals surface area contributed by atoms with Gasteiger partial charge in [-0.05, 0) is 29.8 Å². The van der Waals surface area contributed by atoms with Crippen molar-refractivity contribution in [2.45, 2.75) is 37.2 Å². The molecule has 41 heavy (non-hydrogen) atoms. The van der Waals surface area contributed by atoms with Crippen LogP contribution in [0.1, 0.15) is 29.9 Å². The zero-order chi connectivity index (χ0) is 27.8. The molecule has 4 aliphatic heterocycles. The van der Waals surface area contributed by atoms with Gasteiger partial charge < -0.3 is 23.7 Å². The maximum atomic E-state index is 14.2. The lowest BCUT2D eigenvalue weighted by Crippen LogP contribution is -2.61. The SMILES string of the molecule is Cn1cc(-c2ccc3nc4n(c3c2)[C@@H]2C[C@H]4N(C(=O)CN3C4COCC3COC4)c3cccc(OC(F)F)c32)cn1. The third kappa shape index (κ3) is 3.88. The van der Waals surface area contributed by atoms with Gasteiger partial charge in [-0.1, -0.05) is 12.1 Å². The molecule has 1 amide bonds. The number of alkyl halides is 2. The molecule has 12 heteroatoms. The van der Waals surface area contributed by atoms with Crippen LogP contribution in [0.3, 0.4) is 0 Å². The smallest absolute Gasteiger partial charge is 0.387 e. The Morgan fingerprint density at radius 1 is 1.07 bits per heavy atom. The minimum atomic E-state index is -2.99. The van der Waals surface area contributed by atoms with Crippen LogP contribution in [0.5, 0.6) is 5.75 Å². The summed E-state index contributed by atoms with van der Waals surface area (Å²) >= 11 is 0. The summed E-state index contributed by atoms with van der Waals surface area (Å²) in [5.41, 5.74) is 4.76. The topological polar surface area (TPSA) is 86.9 Å². The number of carbonyl (C=O) groups excluding carboxylic acids is 1. The van der Waals surface area contributed by atoms with Crippen molar-refractivity contribution in [2.75, 3.05) is 37.9 Å². The average Bonchev–Trinajstić information content (AvgIpc) is 3.62. The van der Waals surface area contributed by atoms with Gasteiger partial charge in [0.2, 0.25) is 5.91 Å². The monoisotopic (exact) mass is 562 g/mol. The molecule has 0 unspecified atom stereocenters. The molecule has 212 valence electrons. The molecular formula is C29H28F2N6O4. The number of hydrogen-bond donors (Lipinski definition) is 0. The summed E-state index contributed by atoms with van der Waals surface area (Å²) in [5, 5.41) is 4.30. The van der Waals surface area contributed by atoms with E-state index < -0.39 is 6.61 Å². The fourth-order valence-corrected chi connectivity index (χ4v) is 7.01. The summed E-state index contributed by atoms with van der Waals surface area (Å²) < 4.78 is 47.5. The van der Waals surface area contributed by atoms with Crippen LogP contribution >= 0.6 is 0 Å². The second-order valence-corrected chi connectivity index (χ2v) is 11.1. The number of amides is 1. The molecule has 6 heterocycles. The van der Waals surface area contributed by atoms with E-state index in [1.165, 1.54) is 0 Å². The molecule has 2 atom stereocenters. The highest BCUT2D eigenvalue weighted by Gasteiger charge is 2.49. The average molecular weight is 563 g/mol.